The maximum atomic E-state index is 12.4. The van der Waals surface area contributed by atoms with Crippen LogP contribution in [0.25, 0.3) is 0 Å². The van der Waals surface area contributed by atoms with Crippen LogP contribution in [0.2, 0.25) is 0 Å². The minimum Gasteiger partial charge on any atom is -0.342 e. The van der Waals surface area contributed by atoms with E-state index in [9.17, 15) is 4.79 Å². The van der Waals surface area contributed by atoms with Crippen LogP contribution in [0.15, 0.2) is 0 Å². The van der Waals surface area contributed by atoms with Gasteiger partial charge < -0.3 is 4.90 Å². The number of carbonyl (C=O) groups excluding carboxylic acids is 1. The molecular weight excluding hydrogens is 198 g/mol. The first kappa shape index (κ1) is 15.5. The zero-order chi connectivity index (χ0) is 12.8. The van der Waals surface area contributed by atoms with Gasteiger partial charge in [0, 0.05) is 19.0 Å². The van der Waals surface area contributed by atoms with Crippen molar-refractivity contribution in [2.24, 2.45) is 11.3 Å². The number of hydrogen-bond donors (Lipinski definition) is 0. The summed E-state index contributed by atoms with van der Waals surface area (Å²) in [5.41, 5.74) is 0.0750. The average molecular weight is 227 g/mol. The molecule has 0 saturated carbocycles. The summed E-state index contributed by atoms with van der Waals surface area (Å²) >= 11 is 0. The Bertz CT molecular complexity index is 199. The summed E-state index contributed by atoms with van der Waals surface area (Å²) in [6, 6.07) is 0. The van der Waals surface area contributed by atoms with Crippen LogP contribution in [0.3, 0.4) is 0 Å². The number of rotatable bonds is 6. The fourth-order valence-corrected chi connectivity index (χ4v) is 2.25. The predicted molar refractivity (Wildman–Crippen MR) is 70.4 cm³/mol. The normalized spacial score (nSPS) is 13.6. The van der Waals surface area contributed by atoms with E-state index in [1.54, 1.807) is 0 Å². The van der Waals surface area contributed by atoms with Crippen molar-refractivity contribution in [3.05, 3.63) is 0 Å². The van der Waals surface area contributed by atoms with Gasteiger partial charge in [-0.2, -0.15) is 0 Å². The SMILES string of the molecule is CCCN(CCC)C(=O)C(CC)C(C)(C)C. The van der Waals surface area contributed by atoms with Crippen LogP contribution in [-0.2, 0) is 4.79 Å². The molecule has 0 bridgehead atoms. The molecule has 0 radical (unpaired) electrons. The lowest BCUT2D eigenvalue weighted by Crippen LogP contribution is -2.41. The van der Waals surface area contributed by atoms with Crippen molar-refractivity contribution in [1.29, 1.82) is 0 Å². The Morgan fingerprint density at radius 3 is 1.75 bits per heavy atom. The second-order valence-corrected chi connectivity index (χ2v) is 5.65. The van der Waals surface area contributed by atoms with Crippen molar-refractivity contribution in [2.75, 3.05) is 13.1 Å². The van der Waals surface area contributed by atoms with Gasteiger partial charge in [-0.15, -0.1) is 0 Å². The molecule has 0 fully saturated rings. The maximum Gasteiger partial charge on any atom is 0.226 e. The molecule has 1 atom stereocenters. The van der Waals surface area contributed by atoms with Gasteiger partial charge in [0.2, 0.25) is 5.91 Å². The van der Waals surface area contributed by atoms with E-state index in [4.69, 9.17) is 0 Å². The molecule has 0 aromatic carbocycles. The molecular formula is C14H29NO. The van der Waals surface area contributed by atoms with E-state index in [1.165, 1.54) is 0 Å². The monoisotopic (exact) mass is 227 g/mol. The van der Waals surface area contributed by atoms with E-state index in [2.05, 4.69) is 41.5 Å². The lowest BCUT2D eigenvalue weighted by molar-refractivity contribution is -0.139. The summed E-state index contributed by atoms with van der Waals surface area (Å²) in [7, 11) is 0. The van der Waals surface area contributed by atoms with Gasteiger partial charge in [-0.05, 0) is 24.7 Å². The van der Waals surface area contributed by atoms with Gasteiger partial charge in [-0.3, -0.25) is 4.79 Å². The van der Waals surface area contributed by atoms with Crippen molar-refractivity contribution in [3.8, 4) is 0 Å². The fourth-order valence-electron chi connectivity index (χ4n) is 2.25. The van der Waals surface area contributed by atoms with Crippen molar-refractivity contribution in [2.45, 2.75) is 60.8 Å². The third kappa shape index (κ3) is 4.54. The largest absolute Gasteiger partial charge is 0.342 e. The lowest BCUT2D eigenvalue weighted by atomic mass is 9.78. The molecule has 1 unspecified atom stereocenters. The van der Waals surface area contributed by atoms with Crippen LogP contribution in [0, 0.1) is 11.3 Å². The van der Waals surface area contributed by atoms with Gasteiger partial charge in [0.25, 0.3) is 0 Å². The minimum absolute atomic E-state index is 0.0750. The molecule has 0 aromatic rings. The molecule has 16 heavy (non-hydrogen) atoms. The number of hydrogen-bond acceptors (Lipinski definition) is 1. The van der Waals surface area contributed by atoms with Crippen molar-refractivity contribution >= 4 is 5.91 Å². The molecule has 1 amide bonds. The number of nitrogens with zero attached hydrogens (tertiary/aromatic N) is 1. The number of carbonyl (C=O) groups is 1. The summed E-state index contributed by atoms with van der Waals surface area (Å²) in [4.78, 5) is 14.5. The first-order valence-corrected chi connectivity index (χ1v) is 6.67. The molecule has 2 nitrogen and oxygen atoms in total. The Morgan fingerprint density at radius 2 is 1.50 bits per heavy atom. The highest BCUT2D eigenvalue weighted by molar-refractivity contribution is 5.79. The van der Waals surface area contributed by atoms with Crippen molar-refractivity contribution < 1.29 is 4.79 Å². The zero-order valence-electron chi connectivity index (χ0n) is 12.0. The van der Waals surface area contributed by atoms with Gasteiger partial charge in [-0.25, -0.2) is 0 Å². The third-order valence-electron chi connectivity index (χ3n) is 3.05. The Labute approximate surface area is 101 Å². The molecule has 0 aliphatic rings. The van der Waals surface area contributed by atoms with E-state index in [0.717, 1.165) is 32.4 Å². The fraction of sp³-hybridized carbons (Fsp3) is 0.929. The lowest BCUT2D eigenvalue weighted by Gasteiger charge is -2.34. The summed E-state index contributed by atoms with van der Waals surface area (Å²) in [6.07, 6.45) is 3.03. The highest BCUT2D eigenvalue weighted by atomic mass is 16.2. The summed E-state index contributed by atoms with van der Waals surface area (Å²) in [6.45, 7) is 14.7. The van der Waals surface area contributed by atoms with Crippen LogP contribution in [0.1, 0.15) is 60.8 Å². The highest BCUT2D eigenvalue weighted by Gasteiger charge is 2.32. The van der Waals surface area contributed by atoms with E-state index >= 15 is 0 Å². The Morgan fingerprint density at radius 1 is 1.06 bits per heavy atom. The van der Waals surface area contributed by atoms with E-state index in [-0.39, 0.29) is 11.3 Å². The van der Waals surface area contributed by atoms with Crippen molar-refractivity contribution in [1.82, 2.24) is 4.90 Å². The molecule has 0 aliphatic carbocycles. The average Bonchev–Trinajstić information content (AvgIpc) is 2.16. The second-order valence-electron chi connectivity index (χ2n) is 5.65. The van der Waals surface area contributed by atoms with Gasteiger partial charge in [0.05, 0.1) is 0 Å². The Balaban J connectivity index is 4.68. The quantitative estimate of drug-likeness (QED) is 0.677. The van der Waals surface area contributed by atoms with Crippen LogP contribution in [0.4, 0.5) is 0 Å². The van der Waals surface area contributed by atoms with E-state index in [1.807, 2.05) is 4.90 Å². The molecule has 0 spiro atoms. The maximum absolute atomic E-state index is 12.4. The summed E-state index contributed by atoms with van der Waals surface area (Å²) in [5.74, 6) is 0.504. The third-order valence-corrected chi connectivity index (χ3v) is 3.05. The molecule has 0 aromatic heterocycles. The minimum atomic E-state index is 0.0750. The molecule has 0 aliphatic heterocycles. The van der Waals surface area contributed by atoms with Crippen molar-refractivity contribution in [3.63, 3.8) is 0 Å². The molecule has 0 saturated heterocycles. The first-order valence-electron chi connectivity index (χ1n) is 6.67. The topological polar surface area (TPSA) is 20.3 Å². The van der Waals surface area contributed by atoms with Crippen LogP contribution in [-0.4, -0.2) is 23.9 Å². The van der Waals surface area contributed by atoms with Crippen LogP contribution < -0.4 is 0 Å². The molecule has 0 heterocycles. The summed E-state index contributed by atoms with van der Waals surface area (Å²) in [5, 5.41) is 0. The van der Waals surface area contributed by atoms with E-state index in [0.29, 0.717) is 5.91 Å². The Hall–Kier alpha value is -0.530. The van der Waals surface area contributed by atoms with Gasteiger partial charge >= 0.3 is 0 Å². The van der Waals surface area contributed by atoms with Gasteiger partial charge in [0.1, 0.15) is 0 Å². The Kier molecular flexibility index (Phi) is 6.70. The van der Waals surface area contributed by atoms with Crippen LogP contribution >= 0.6 is 0 Å². The molecule has 0 N–H and O–H groups in total. The second kappa shape index (κ2) is 6.93. The van der Waals surface area contributed by atoms with Gasteiger partial charge in [-0.1, -0.05) is 41.5 Å². The van der Waals surface area contributed by atoms with Gasteiger partial charge in [0.15, 0.2) is 0 Å². The summed E-state index contributed by atoms with van der Waals surface area (Å²) < 4.78 is 0. The molecule has 96 valence electrons. The highest BCUT2D eigenvalue weighted by Crippen LogP contribution is 2.30. The standard InChI is InChI=1S/C14H29NO/c1-7-10-15(11-8-2)13(16)12(9-3)14(4,5)6/h12H,7-11H2,1-6H3. The predicted octanol–water partition coefficient (Wildman–Crippen LogP) is 3.71. The van der Waals surface area contributed by atoms with Crippen LogP contribution in [0.5, 0.6) is 0 Å². The molecule has 0 rings (SSSR count). The van der Waals surface area contributed by atoms with E-state index < -0.39 is 0 Å². The first-order chi connectivity index (χ1) is 7.38. The smallest absolute Gasteiger partial charge is 0.226 e. The molecule has 2 heteroatoms. The number of amides is 1. The zero-order valence-corrected chi connectivity index (χ0v) is 12.0.